The number of hydrogen-bond acceptors (Lipinski definition) is 1. The molecule has 8 heavy (non-hydrogen) atoms. The molecule has 46 valence electrons. The van der Waals surface area contributed by atoms with Gasteiger partial charge in [-0.3, -0.25) is 4.79 Å². The second-order valence-electron chi connectivity index (χ2n) is 1.68. The van der Waals surface area contributed by atoms with Crippen molar-refractivity contribution in [1.29, 1.82) is 0 Å². The van der Waals surface area contributed by atoms with E-state index in [2.05, 4.69) is 21.5 Å². The van der Waals surface area contributed by atoms with E-state index in [1.807, 2.05) is 0 Å². The first-order chi connectivity index (χ1) is 3.60. The molecule has 0 spiro atoms. The van der Waals surface area contributed by atoms with Crippen molar-refractivity contribution in [1.82, 2.24) is 5.32 Å². The van der Waals surface area contributed by atoms with E-state index in [4.69, 9.17) is 11.8 Å². The lowest BCUT2D eigenvalue weighted by molar-refractivity contribution is -0.631. The van der Waals surface area contributed by atoms with Gasteiger partial charge in [0.2, 0.25) is 0 Å². The van der Waals surface area contributed by atoms with Crippen LogP contribution in [-0.4, -0.2) is 22.1 Å². The summed E-state index contributed by atoms with van der Waals surface area (Å²) in [5.41, 5.74) is 0. The molecule has 1 saturated heterocycles. The van der Waals surface area contributed by atoms with Crippen LogP contribution in [0.3, 0.4) is 0 Å². The molecule has 0 radical (unpaired) electrons. The van der Waals surface area contributed by atoms with Gasteiger partial charge >= 0.3 is 0 Å². The molecule has 0 aliphatic carbocycles. The van der Waals surface area contributed by atoms with Crippen LogP contribution in [-0.2, 0) is 4.79 Å². The molecular formula is C3H5BrClN2O+. The molecule has 0 bridgehead atoms. The average molecular weight is 200 g/mol. The Labute approximate surface area is 60.6 Å². The Hall–Kier alpha value is 0.200. The van der Waals surface area contributed by atoms with Gasteiger partial charge in [0.25, 0.3) is 22.1 Å². The minimum Gasteiger partial charge on any atom is -0.302 e. The lowest BCUT2D eigenvalue weighted by Gasteiger charge is -2.06. The Balaban J connectivity index is 2.56. The molecular weight excluding hydrogens is 195 g/mol. The second kappa shape index (κ2) is 1.86. The Morgan fingerprint density at radius 3 is 2.62 bits per heavy atom. The number of quaternary nitrogens is 1. The third-order valence-electron chi connectivity index (χ3n) is 0.882. The third kappa shape index (κ3) is 1.34. The predicted octanol–water partition coefficient (Wildman–Crippen LogP) is 0.354. The number of carbonyl (C=O) groups excluding carboxylic acids is 1. The number of amides is 1. The maximum atomic E-state index is 10.4. The zero-order valence-corrected chi connectivity index (χ0v) is 6.37. The highest BCUT2D eigenvalue weighted by Gasteiger charge is 2.34. The normalized spacial score (nSPS) is 37.5. The summed E-state index contributed by atoms with van der Waals surface area (Å²) in [5, 5.41) is 2.56. The van der Waals surface area contributed by atoms with Crippen LogP contribution in [0.25, 0.3) is 0 Å². The summed E-state index contributed by atoms with van der Waals surface area (Å²) in [7, 11) is 0. The van der Waals surface area contributed by atoms with Crippen molar-refractivity contribution in [3.63, 3.8) is 0 Å². The maximum absolute atomic E-state index is 10.4. The fourth-order valence-corrected chi connectivity index (χ4v) is 1.05. The summed E-state index contributed by atoms with van der Waals surface area (Å²) in [5.74, 6) is -0.0168. The monoisotopic (exact) mass is 199 g/mol. The maximum Gasteiger partial charge on any atom is 0.282 e. The van der Waals surface area contributed by atoms with E-state index in [0.29, 0.717) is 13.2 Å². The summed E-state index contributed by atoms with van der Waals surface area (Å²) in [6.07, 6.45) is 0. The topological polar surface area (TPSA) is 29.1 Å². The molecule has 1 aliphatic rings. The first-order valence-corrected chi connectivity index (χ1v) is 3.18. The van der Waals surface area contributed by atoms with Gasteiger partial charge in [0, 0.05) is 0 Å². The van der Waals surface area contributed by atoms with Crippen molar-refractivity contribution in [2.45, 2.75) is 0 Å². The largest absolute Gasteiger partial charge is 0.302 e. The Bertz CT molecular complexity index is 126. The minimum atomic E-state index is -0.0168. The summed E-state index contributed by atoms with van der Waals surface area (Å²) in [6.45, 7) is 0.766. The highest BCUT2D eigenvalue weighted by atomic mass is 79.9. The highest BCUT2D eigenvalue weighted by molar-refractivity contribution is 9.05. The van der Waals surface area contributed by atoms with Crippen LogP contribution in [0, 0.1) is 0 Å². The molecule has 0 aromatic heterocycles. The zero-order chi connectivity index (χ0) is 6.20. The molecule has 1 aliphatic heterocycles. The van der Waals surface area contributed by atoms with Crippen LogP contribution in [0.1, 0.15) is 0 Å². The van der Waals surface area contributed by atoms with Crippen LogP contribution >= 0.6 is 27.9 Å². The molecule has 1 unspecified atom stereocenters. The van der Waals surface area contributed by atoms with Crippen molar-refractivity contribution in [3.8, 4) is 0 Å². The molecule has 0 saturated carbocycles. The van der Waals surface area contributed by atoms with Crippen LogP contribution in [0.15, 0.2) is 0 Å². The summed E-state index contributed by atoms with van der Waals surface area (Å²) >= 11 is 8.74. The van der Waals surface area contributed by atoms with Crippen molar-refractivity contribution >= 4 is 33.8 Å². The van der Waals surface area contributed by atoms with Gasteiger partial charge < -0.3 is 5.32 Å². The van der Waals surface area contributed by atoms with Crippen LogP contribution < -0.4 is 5.32 Å². The number of rotatable bonds is 0. The van der Waals surface area contributed by atoms with Crippen molar-refractivity contribution in [2.75, 3.05) is 13.2 Å². The average Bonchev–Trinajstić information content (AvgIpc) is 1.82. The first kappa shape index (κ1) is 6.32. The fourth-order valence-electron chi connectivity index (χ4n) is 0.526. The molecule has 1 heterocycles. The molecule has 1 fully saturated rings. The van der Waals surface area contributed by atoms with E-state index in [9.17, 15) is 4.79 Å². The molecule has 3 nitrogen and oxygen atoms in total. The van der Waals surface area contributed by atoms with Gasteiger partial charge in [0.15, 0.2) is 25.0 Å². The van der Waals surface area contributed by atoms with Gasteiger partial charge in [0.1, 0.15) is 0 Å². The number of halogens is 2. The smallest absolute Gasteiger partial charge is 0.282 e. The second-order valence-corrected chi connectivity index (χ2v) is 4.09. The Morgan fingerprint density at radius 1 is 1.88 bits per heavy atom. The van der Waals surface area contributed by atoms with Crippen molar-refractivity contribution < 1.29 is 7.82 Å². The molecule has 0 aromatic rings. The number of nitrogens with one attached hydrogen (secondary N) is 1. The van der Waals surface area contributed by atoms with Crippen molar-refractivity contribution in [3.05, 3.63) is 0 Å². The molecule has 1 amide bonds. The molecule has 5 heteroatoms. The summed E-state index contributed by atoms with van der Waals surface area (Å²) in [6, 6.07) is 0. The first-order valence-electron chi connectivity index (χ1n) is 2.13. The van der Waals surface area contributed by atoms with Crippen LogP contribution in [0.5, 0.6) is 0 Å². The summed E-state index contributed by atoms with van der Waals surface area (Å²) < 4.78 is 0.0613. The molecule has 0 aromatic carbocycles. The van der Waals surface area contributed by atoms with E-state index < -0.39 is 0 Å². The van der Waals surface area contributed by atoms with Crippen molar-refractivity contribution in [2.24, 2.45) is 0 Å². The minimum absolute atomic E-state index is 0.0168. The van der Waals surface area contributed by atoms with E-state index >= 15 is 0 Å². The van der Waals surface area contributed by atoms with E-state index in [-0.39, 0.29) is 8.94 Å². The third-order valence-corrected chi connectivity index (χ3v) is 1.62. The van der Waals surface area contributed by atoms with Crippen LogP contribution in [0.4, 0.5) is 0 Å². The Kier molecular flexibility index (Phi) is 1.47. The van der Waals surface area contributed by atoms with Gasteiger partial charge in [-0.05, 0) is 0 Å². The molecule has 1 N–H and O–H groups in total. The lowest BCUT2D eigenvalue weighted by atomic mass is 10.7. The Morgan fingerprint density at radius 2 is 2.50 bits per heavy atom. The predicted molar refractivity (Wildman–Crippen MR) is 32.9 cm³/mol. The van der Waals surface area contributed by atoms with Gasteiger partial charge in [0.05, 0.1) is 0 Å². The quantitative estimate of drug-likeness (QED) is 0.562. The van der Waals surface area contributed by atoms with Gasteiger partial charge in [-0.1, -0.05) is 0 Å². The molecule has 1 atom stereocenters. The van der Waals surface area contributed by atoms with Gasteiger partial charge in [-0.25, -0.2) is 0 Å². The number of nitrogens with zero attached hydrogens (tertiary/aromatic N) is 1. The van der Waals surface area contributed by atoms with E-state index in [1.165, 1.54) is 0 Å². The van der Waals surface area contributed by atoms with Gasteiger partial charge in [-0.2, -0.15) is 0 Å². The van der Waals surface area contributed by atoms with E-state index in [0.717, 1.165) is 0 Å². The van der Waals surface area contributed by atoms with Crippen LogP contribution in [0.2, 0.25) is 0 Å². The summed E-state index contributed by atoms with van der Waals surface area (Å²) in [4.78, 5) is 10.4. The number of hydrogen-bond donors (Lipinski definition) is 1. The fraction of sp³-hybridized carbons (Fsp3) is 0.667. The standard InChI is InChI=1S/C3H4BrClN2O/c4-7(5)1-3(8)6-2-7/h1-2H2/p+1. The lowest BCUT2D eigenvalue weighted by Crippen LogP contribution is -2.23. The molecule has 1 rings (SSSR count). The van der Waals surface area contributed by atoms with E-state index in [1.54, 1.807) is 0 Å². The number of carbonyl (C=O) groups is 1. The SMILES string of the molecule is O=C1C[N+](Cl)(Br)CN1. The zero-order valence-electron chi connectivity index (χ0n) is 4.03. The van der Waals surface area contributed by atoms with Gasteiger partial charge in [-0.15, -0.1) is 3.03 Å². The highest BCUT2D eigenvalue weighted by Crippen LogP contribution is 2.20.